The molecule has 2 unspecified atom stereocenters. The van der Waals surface area contributed by atoms with Gasteiger partial charge in [-0.3, -0.25) is 57.5 Å². The van der Waals surface area contributed by atoms with Gasteiger partial charge in [0.05, 0.1) is 38.6 Å². The molecule has 0 aromatic rings. The van der Waals surface area contributed by atoms with Crippen LogP contribution in [0, 0.1) is 41.4 Å². The zero-order chi connectivity index (χ0) is 81.0. The zero-order valence-corrected chi connectivity index (χ0v) is 65.9. The van der Waals surface area contributed by atoms with Gasteiger partial charge in [-0.15, -0.1) is 0 Å². The van der Waals surface area contributed by atoms with Crippen molar-refractivity contribution in [2.24, 2.45) is 41.4 Å². The van der Waals surface area contributed by atoms with E-state index in [1.54, 1.807) is 20.8 Å². The maximum Gasteiger partial charge on any atom is 0.397 e. The first-order chi connectivity index (χ1) is 51.8. The smallest absolute Gasteiger partial charge is 0.378 e. The molecule has 4 saturated heterocycles. The Bertz CT molecular complexity index is 3220. The third kappa shape index (κ3) is 21.5. The molecule has 2 bridgehead atoms. The van der Waals surface area contributed by atoms with Crippen LogP contribution >= 0.6 is 0 Å². The van der Waals surface area contributed by atoms with Crippen LogP contribution in [0.2, 0.25) is 0 Å². The summed E-state index contributed by atoms with van der Waals surface area (Å²) in [7, 11) is 6.85. The van der Waals surface area contributed by atoms with E-state index in [2.05, 4.69) is 16.0 Å². The summed E-state index contributed by atoms with van der Waals surface area (Å²) in [5, 5.41) is 8.57. The normalized spacial score (nSPS) is 31.8. The van der Waals surface area contributed by atoms with Crippen molar-refractivity contribution in [3.05, 3.63) is 0 Å². The number of likely N-dealkylation sites (N-methyl/N-ethyl adjacent to an activating group) is 6. The number of carbonyl (C=O) groups excluding carboxylic acids is 12. The molecule has 4 aliphatic carbocycles. The molecule has 4 heterocycles. The second-order valence-corrected chi connectivity index (χ2v) is 33.1. The molecule has 0 radical (unpaired) electrons. The van der Waals surface area contributed by atoms with E-state index in [4.69, 9.17) is 4.74 Å². The first kappa shape index (κ1) is 88.6. The molecule has 8 aliphatic rings. The van der Waals surface area contributed by atoms with Crippen LogP contribution in [-0.4, -0.2) is 288 Å². The summed E-state index contributed by atoms with van der Waals surface area (Å²) < 4.78 is 121. The van der Waals surface area contributed by atoms with Crippen molar-refractivity contribution in [3.8, 4) is 0 Å². The average Bonchev–Trinajstić information content (AvgIpc) is 1.53. The van der Waals surface area contributed by atoms with Gasteiger partial charge in [0, 0.05) is 68.0 Å². The number of ether oxygens (including phenoxy) is 1. The molecular weight excluding hydrogens is 1450 g/mol. The summed E-state index contributed by atoms with van der Waals surface area (Å²) in [6.45, 7) is 7.70. The Kier molecular flexibility index (Phi) is 31.2. The van der Waals surface area contributed by atoms with E-state index in [1.165, 1.54) is 74.4 Å². The number of morpholine rings is 1. The molecule has 4 saturated carbocycles. The van der Waals surface area contributed by atoms with Crippen molar-refractivity contribution in [2.45, 2.75) is 280 Å². The van der Waals surface area contributed by atoms with E-state index < -0.39 is 224 Å². The summed E-state index contributed by atoms with van der Waals surface area (Å²) in [4.78, 5) is 194. The average molecular weight is 1570 g/mol. The molecule has 25 nitrogen and oxygen atoms in total. The van der Waals surface area contributed by atoms with Crippen LogP contribution in [0.25, 0.3) is 0 Å². The number of rotatable bonds is 12. The summed E-state index contributed by atoms with van der Waals surface area (Å²) in [5.74, 6) is -16.3. The molecule has 0 aromatic heterocycles. The first-order valence-electron chi connectivity index (χ1n) is 40.2. The number of carbonyl (C=O) groups is 12. The van der Waals surface area contributed by atoms with Gasteiger partial charge in [0.2, 0.25) is 70.9 Å². The summed E-state index contributed by atoms with van der Waals surface area (Å²) >= 11 is 0. The Morgan fingerprint density at radius 1 is 0.573 bits per heavy atom. The van der Waals surface area contributed by atoms with E-state index >= 15 is 56.7 Å². The molecule has 11 atom stereocenters. The second kappa shape index (κ2) is 38.7. The van der Waals surface area contributed by atoms with Crippen molar-refractivity contribution >= 4 is 70.9 Å². The highest BCUT2D eigenvalue weighted by atomic mass is 19.4. The van der Waals surface area contributed by atoms with Crippen molar-refractivity contribution in [2.75, 3.05) is 94.3 Å². The van der Waals surface area contributed by atoms with Crippen molar-refractivity contribution in [1.82, 2.24) is 60.0 Å². The summed E-state index contributed by atoms with van der Waals surface area (Å²) in [6, 6.07) is -11.0. The molecule has 4 aliphatic heterocycles. The van der Waals surface area contributed by atoms with Gasteiger partial charge < -0.3 is 64.8 Å². The first-order valence-corrected chi connectivity index (χ1v) is 40.2. The Morgan fingerprint density at radius 3 is 1.77 bits per heavy atom. The highest BCUT2D eigenvalue weighted by Crippen LogP contribution is 2.46. The molecule has 622 valence electrons. The van der Waals surface area contributed by atoms with E-state index in [1.807, 2.05) is 13.8 Å². The van der Waals surface area contributed by atoms with Gasteiger partial charge in [-0.2, -0.15) is 26.3 Å². The Balaban J connectivity index is 1.20. The molecule has 8 rings (SSSR count). The SMILES string of the molecule is CC[C@H](C)[C@@H]1NC(=O)[C@H](CC(C)C)N(C)C(=O)C[C@@H](C(=O)N2CCOCC2)N(C)C(=O)[C@H](C2CCCC2)N(C)C(=O)C2(CCCC2)NC(=O)[C@@H]2CCCN2C(=O)[C@H](CCC2CC(F)C(C(F)(F)F)C(F)C2)NC(=O)CN(C)C(=O)[C@H](CC2CCC(C(F)(F)F)CC2)N2CCCCC[C@@H](C2=O)N(C)C(=O)CN(CC)C1=O. The van der Waals surface area contributed by atoms with Crippen molar-refractivity contribution in [1.29, 1.82) is 0 Å². The molecule has 1 spiro atoms. The third-order valence-electron chi connectivity index (χ3n) is 25.2. The van der Waals surface area contributed by atoms with E-state index in [0.717, 1.165) is 4.90 Å². The van der Waals surface area contributed by atoms with Gasteiger partial charge >= 0.3 is 12.4 Å². The molecule has 12 amide bonds. The van der Waals surface area contributed by atoms with Crippen LogP contribution in [0.4, 0.5) is 35.1 Å². The van der Waals surface area contributed by atoms with Crippen molar-refractivity contribution in [3.63, 3.8) is 0 Å². The fourth-order valence-corrected chi connectivity index (χ4v) is 18.3. The minimum absolute atomic E-state index is 0.0179. The molecular formula is C77H120F8N12O13. The van der Waals surface area contributed by atoms with Crippen molar-refractivity contribution < 1.29 is 97.4 Å². The third-order valence-corrected chi connectivity index (χ3v) is 25.2. The number of fused-ring (bicyclic) bond motifs is 3. The lowest BCUT2D eigenvalue weighted by Crippen LogP contribution is -2.65. The summed E-state index contributed by atoms with van der Waals surface area (Å²) in [6.07, 6.45) is -13.1. The summed E-state index contributed by atoms with van der Waals surface area (Å²) in [5.41, 5.74) is -1.67. The quantitative estimate of drug-likeness (QED) is 0.165. The monoisotopic (exact) mass is 1570 g/mol. The van der Waals surface area contributed by atoms with Gasteiger partial charge in [-0.25, -0.2) is 8.78 Å². The molecule has 0 aromatic carbocycles. The second-order valence-electron chi connectivity index (χ2n) is 33.1. The topological polar surface area (TPSA) is 279 Å². The lowest BCUT2D eigenvalue weighted by Gasteiger charge is -2.42. The fraction of sp³-hybridized carbons (Fsp3) is 0.844. The maximum absolute atomic E-state index is 15.8. The number of hydrogen-bond donors (Lipinski definition) is 3. The predicted molar refractivity (Wildman–Crippen MR) is 388 cm³/mol. The van der Waals surface area contributed by atoms with Crippen LogP contribution in [0.15, 0.2) is 0 Å². The lowest BCUT2D eigenvalue weighted by molar-refractivity contribution is -0.219. The number of amides is 12. The van der Waals surface area contributed by atoms with Crippen LogP contribution in [0.1, 0.15) is 202 Å². The van der Waals surface area contributed by atoms with E-state index in [-0.39, 0.29) is 129 Å². The van der Waals surface area contributed by atoms with Crippen LogP contribution in [0.3, 0.4) is 0 Å². The van der Waals surface area contributed by atoms with Crippen LogP contribution in [-0.2, 0) is 62.3 Å². The fourth-order valence-electron chi connectivity index (χ4n) is 18.3. The van der Waals surface area contributed by atoms with Gasteiger partial charge in [0.15, 0.2) is 0 Å². The minimum Gasteiger partial charge on any atom is -0.378 e. The number of alkyl halides is 8. The number of nitrogens with zero attached hydrogens (tertiary/aromatic N) is 9. The van der Waals surface area contributed by atoms with Gasteiger partial charge in [0.1, 0.15) is 72.1 Å². The number of nitrogens with one attached hydrogen (secondary N) is 3. The molecule has 110 heavy (non-hydrogen) atoms. The molecule has 8 fully saturated rings. The number of halogens is 8. The van der Waals surface area contributed by atoms with Gasteiger partial charge in [-0.1, -0.05) is 72.6 Å². The highest BCUT2D eigenvalue weighted by molar-refractivity contribution is 6.01. The lowest BCUT2D eigenvalue weighted by atomic mass is 9.76. The Labute approximate surface area is 641 Å². The molecule has 3 N–H and O–H groups in total. The van der Waals surface area contributed by atoms with E-state index in [9.17, 15) is 35.9 Å². The van der Waals surface area contributed by atoms with Gasteiger partial charge in [-0.05, 0) is 152 Å². The zero-order valence-electron chi connectivity index (χ0n) is 65.9. The number of hydrogen-bond acceptors (Lipinski definition) is 13. The van der Waals surface area contributed by atoms with Crippen LogP contribution < -0.4 is 16.0 Å². The maximum atomic E-state index is 15.8. The molecule has 33 heteroatoms. The van der Waals surface area contributed by atoms with Crippen LogP contribution in [0.5, 0.6) is 0 Å². The predicted octanol–water partition coefficient (Wildman–Crippen LogP) is 7.11. The van der Waals surface area contributed by atoms with E-state index in [0.29, 0.717) is 64.2 Å². The Hall–Kier alpha value is -6.96. The van der Waals surface area contributed by atoms with Gasteiger partial charge in [0.25, 0.3) is 0 Å². The highest BCUT2D eigenvalue weighted by Gasteiger charge is 2.56. The standard InChI is InChI=1S/C77H120F8N12O13/c1-11-47(5)64-72(107)94(12-2)45-62(100)90(7)56-23-14-13-19-33-97(71(56)106)59(42-48-25-28-51(29-26-48)76(80,81)82)69(104)89(6)44-60(98)86-54(30-27-49-40-52(78)63(53(79)41-49)77(83,84)85)68(103)96-34-20-24-55(96)67(102)88-75(31-17-18-32-75)74(109)93(10)65(50-21-15-16-22-50)73(108)92(9)58(70(105)95-35-37-110-38-36-95)43-61(99)91(8)57(39-46(3)4)66(101)87-64/h46-59,63-65H,11-45H2,1-10H3,(H,86,98)(H,87,101)(H,88,102)/t47-,48?,49?,51?,52?,53?,54-,55-,56-,57-,58-,59-,63?,64-,65-/m0/s1. The minimum atomic E-state index is -5.20. The largest absolute Gasteiger partial charge is 0.397 e. The Morgan fingerprint density at radius 2 is 1.18 bits per heavy atom.